The molecule has 0 fully saturated rings. The average Bonchev–Trinajstić information content (AvgIpc) is 2.12. The Morgan fingerprint density at radius 2 is 1.93 bits per heavy atom. The van der Waals surface area contributed by atoms with Crippen molar-refractivity contribution in [2.24, 2.45) is 5.92 Å². The van der Waals surface area contributed by atoms with Gasteiger partial charge in [0.1, 0.15) is 6.71 Å². The molecule has 0 rings (SSSR count). The second-order valence-electron chi connectivity index (χ2n) is 4.38. The summed E-state index contributed by atoms with van der Waals surface area (Å²) in [6, 6.07) is 0. The van der Waals surface area contributed by atoms with Gasteiger partial charge in [-0.25, -0.2) is 0 Å². The van der Waals surface area contributed by atoms with Crippen LogP contribution in [0.3, 0.4) is 0 Å². The van der Waals surface area contributed by atoms with Crippen LogP contribution in [0.4, 0.5) is 0 Å². The van der Waals surface area contributed by atoms with Gasteiger partial charge >= 0.3 is 0 Å². The Balaban J connectivity index is 3.40. The van der Waals surface area contributed by atoms with Gasteiger partial charge in [-0.15, -0.1) is 5.92 Å². The van der Waals surface area contributed by atoms with E-state index in [1.54, 1.807) is 0 Å². The Hall–Kier alpha value is -0.415. The highest BCUT2D eigenvalue weighted by Gasteiger charge is 2.10. The van der Waals surface area contributed by atoms with Crippen LogP contribution in [-0.4, -0.2) is 19.9 Å². The minimum Gasteiger partial charge on any atom is -0.381 e. The molecule has 1 nitrogen and oxygen atoms in total. The normalized spacial score (nSPS) is 12.1. The summed E-state index contributed by atoms with van der Waals surface area (Å²) in [5.41, 5.74) is 0. The predicted molar refractivity (Wildman–Crippen MR) is 65.0 cm³/mol. The third kappa shape index (κ3) is 7.03. The van der Waals surface area contributed by atoms with Crippen LogP contribution in [0.25, 0.3) is 0 Å². The molecule has 0 heterocycles. The molecule has 0 aromatic heterocycles. The second-order valence-corrected chi connectivity index (χ2v) is 4.38. The van der Waals surface area contributed by atoms with Crippen molar-refractivity contribution < 1.29 is 4.74 Å². The number of rotatable bonds is 6. The van der Waals surface area contributed by atoms with Crippen LogP contribution in [0.5, 0.6) is 0 Å². The molecule has 0 aliphatic heterocycles. The minimum atomic E-state index is 0.370. The van der Waals surface area contributed by atoms with E-state index in [9.17, 15) is 0 Å². The van der Waals surface area contributed by atoms with Gasteiger partial charge in [-0.3, -0.25) is 0 Å². The standard InChI is InChI=1S/C12H23BO/c1-6-7-12(4)10-14-9-8-13(5)11(2)3/h11-12H,8-10H2,1-5H3. The van der Waals surface area contributed by atoms with E-state index in [-0.39, 0.29) is 0 Å². The molecule has 1 atom stereocenters. The van der Waals surface area contributed by atoms with Crippen LogP contribution in [0.15, 0.2) is 0 Å². The molecule has 0 saturated carbocycles. The van der Waals surface area contributed by atoms with E-state index in [0.717, 1.165) is 32.1 Å². The molecular weight excluding hydrogens is 171 g/mol. The van der Waals surface area contributed by atoms with Gasteiger partial charge in [-0.05, 0) is 13.8 Å². The molecule has 2 heteroatoms. The topological polar surface area (TPSA) is 9.23 Å². The fourth-order valence-corrected chi connectivity index (χ4v) is 1.15. The number of ether oxygens (including phenoxy) is 1. The molecule has 0 aliphatic rings. The molecule has 0 aromatic carbocycles. The maximum atomic E-state index is 5.57. The summed E-state index contributed by atoms with van der Waals surface area (Å²) in [7, 11) is 0. The molecule has 0 saturated heterocycles. The highest BCUT2D eigenvalue weighted by atomic mass is 16.5. The van der Waals surface area contributed by atoms with Gasteiger partial charge in [0.2, 0.25) is 0 Å². The van der Waals surface area contributed by atoms with E-state index >= 15 is 0 Å². The summed E-state index contributed by atoms with van der Waals surface area (Å²) in [6.45, 7) is 13.2. The van der Waals surface area contributed by atoms with Gasteiger partial charge in [0.15, 0.2) is 0 Å². The van der Waals surface area contributed by atoms with E-state index in [2.05, 4.69) is 39.4 Å². The Morgan fingerprint density at radius 3 is 2.43 bits per heavy atom. The van der Waals surface area contributed by atoms with Crippen molar-refractivity contribution in [2.45, 2.75) is 46.7 Å². The zero-order valence-electron chi connectivity index (χ0n) is 10.3. The fourth-order valence-electron chi connectivity index (χ4n) is 1.15. The fraction of sp³-hybridized carbons (Fsp3) is 0.833. The lowest BCUT2D eigenvalue weighted by molar-refractivity contribution is 0.131. The molecule has 0 spiro atoms. The Kier molecular flexibility index (Phi) is 7.70. The maximum absolute atomic E-state index is 5.57. The maximum Gasteiger partial charge on any atom is 0.141 e. The van der Waals surface area contributed by atoms with Gasteiger partial charge < -0.3 is 4.74 Å². The molecule has 80 valence electrons. The van der Waals surface area contributed by atoms with Gasteiger partial charge in [0.05, 0.1) is 6.61 Å². The molecule has 0 aliphatic carbocycles. The van der Waals surface area contributed by atoms with Crippen LogP contribution in [0, 0.1) is 17.8 Å². The Labute approximate surface area is 89.7 Å². The van der Waals surface area contributed by atoms with Crippen LogP contribution >= 0.6 is 0 Å². The zero-order chi connectivity index (χ0) is 11.0. The third-order valence-corrected chi connectivity index (χ3v) is 2.61. The van der Waals surface area contributed by atoms with Gasteiger partial charge in [0.25, 0.3) is 0 Å². The predicted octanol–water partition coefficient (Wildman–Crippen LogP) is 3.20. The van der Waals surface area contributed by atoms with Crippen molar-refractivity contribution in [1.82, 2.24) is 0 Å². The number of hydrogen-bond donors (Lipinski definition) is 0. The molecule has 1 unspecified atom stereocenters. The van der Waals surface area contributed by atoms with E-state index in [1.807, 2.05) is 6.92 Å². The van der Waals surface area contributed by atoms with Crippen molar-refractivity contribution in [2.75, 3.05) is 13.2 Å². The lowest BCUT2D eigenvalue weighted by Crippen LogP contribution is -2.15. The highest BCUT2D eigenvalue weighted by molar-refractivity contribution is 6.58. The lowest BCUT2D eigenvalue weighted by Gasteiger charge is -2.12. The molecule has 0 radical (unpaired) electrons. The third-order valence-electron chi connectivity index (χ3n) is 2.61. The zero-order valence-corrected chi connectivity index (χ0v) is 10.3. The van der Waals surface area contributed by atoms with E-state index in [0.29, 0.717) is 5.92 Å². The van der Waals surface area contributed by atoms with Crippen molar-refractivity contribution in [3.05, 3.63) is 0 Å². The van der Waals surface area contributed by atoms with Gasteiger partial charge in [0, 0.05) is 12.5 Å². The second kappa shape index (κ2) is 7.94. The molecule has 0 amide bonds. The first-order valence-electron chi connectivity index (χ1n) is 5.58. The van der Waals surface area contributed by atoms with Crippen LogP contribution in [0.1, 0.15) is 27.7 Å². The first-order chi connectivity index (χ1) is 6.57. The lowest BCUT2D eigenvalue weighted by atomic mass is 9.42. The van der Waals surface area contributed by atoms with Gasteiger partial charge in [-0.2, -0.15) is 0 Å². The summed E-state index contributed by atoms with van der Waals surface area (Å²) in [5, 5.41) is 0. The average molecular weight is 194 g/mol. The smallest absolute Gasteiger partial charge is 0.141 e. The van der Waals surface area contributed by atoms with Crippen LogP contribution in [0.2, 0.25) is 19.0 Å². The molecule has 0 aromatic rings. The summed E-state index contributed by atoms with van der Waals surface area (Å²) >= 11 is 0. The van der Waals surface area contributed by atoms with E-state index < -0.39 is 0 Å². The van der Waals surface area contributed by atoms with E-state index in [4.69, 9.17) is 4.74 Å². The van der Waals surface area contributed by atoms with Crippen molar-refractivity contribution in [1.29, 1.82) is 0 Å². The van der Waals surface area contributed by atoms with Crippen LogP contribution in [-0.2, 0) is 4.74 Å². The Bertz CT molecular complexity index is 190. The molecule has 0 bridgehead atoms. The van der Waals surface area contributed by atoms with E-state index in [1.165, 1.54) is 0 Å². The molecule has 0 N–H and O–H groups in total. The first kappa shape index (κ1) is 13.6. The summed E-state index contributed by atoms with van der Waals surface area (Å²) < 4.78 is 5.57. The SMILES string of the molecule is CC#CC(C)COCCB(C)C(C)C. The quantitative estimate of drug-likeness (QED) is 0.358. The Morgan fingerprint density at radius 1 is 1.29 bits per heavy atom. The molecule has 14 heavy (non-hydrogen) atoms. The minimum absolute atomic E-state index is 0.370. The highest BCUT2D eigenvalue weighted by Crippen LogP contribution is 2.11. The van der Waals surface area contributed by atoms with Crippen molar-refractivity contribution >= 4 is 6.71 Å². The summed E-state index contributed by atoms with van der Waals surface area (Å²) in [5.74, 6) is 7.11. The van der Waals surface area contributed by atoms with Crippen LogP contribution < -0.4 is 0 Å². The summed E-state index contributed by atoms with van der Waals surface area (Å²) in [4.78, 5) is 0. The largest absolute Gasteiger partial charge is 0.381 e. The van der Waals surface area contributed by atoms with Gasteiger partial charge in [-0.1, -0.05) is 38.7 Å². The van der Waals surface area contributed by atoms with Crippen molar-refractivity contribution in [3.8, 4) is 11.8 Å². The monoisotopic (exact) mass is 194 g/mol. The molecular formula is C12H23BO. The van der Waals surface area contributed by atoms with Crippen molar-refractivity contribution in [3.63, 3.8) is 0 Å². The summed E-state index contributed by atoms with van der Waals surface area (Å²) in [6.07, 6.45) is 1.16. The first-order valence-corrected chi connectivity index (χ1v) is 5.58. The number of hydrogen-bond acceptors (Lipinski definition) is 1.